The summed E-state index contributed by atoms with van der Waals surface area (Å²) < 4.78 is 9.31. The van der Waals surface area contributed by atoms with Crippen molar-refractivity contribution in [2.24, 2.45) is 0 Å². The molecule has 0 saturated heterocycles. The fraction of sp³-hybridized carbons (Fsp3) is 0.0484. The minimum Gasteiger partial charge on any atom is -0.456 e. The predicted molar refractivity (Wildman–Crippen MR) is 275 cm³/mol. The van der Waals surface area contributed by atoms with Gasteiger partial charge in [0.15, 0.2) is 17.5 Å². The molecule has 5 heteroatoms. The molecule has 14 rings (SSSR count). The van der Waals surface area contributed by atoms with Crippen molar-refractivity contribution in [2.75, 3.05) is 0 Å². The van der Waals surface area contributed by atoms with Gasteiger partial charge in [0.25, 0.3) is 0 Å². The first kappa shape index (κ1) is 37.7. The van der Waals surface area contributed by atoms with E-state index in [9.17, 15) is 0 Å². The molecule has 0 aliphatic heterocycles. The van der Waals surface area contributed by atoms with Gasteiger partial charge in [-0.3, -0.25) is 0 Å². The van der Waals surface area contributed by atoms with Crippen LogP contribution in [-0.4, -0.2) is 19.5 Å². The van der Waals surface area contributed by atoms with E-state index in [4.69, 9.17) is 19.4 Å². The Labute approximate surface area is 386 Å². The SMILES string of the molecule is c1ccc(-c2nc(-c3ccc4c(c3)c3ccccc3n4-c3ccccc3)nc(-c3cc(C4CCc5cc6ccccc6cc5-c5ccccc54)cc4oc5cc6ccccc6cc5c34)n2)cc1. The number of aromatic nitrogens is 4. The van der Waals surface area contributed by atoms with E-state index < -0.39 is 0 Å². The van der Waals surface area contributed by atoms with Crippen LogP contribution < -0.4 is 0 Å². The molecule has 1 aliphatic rings. The zero-order valence-corrected chi connectivity index (χ0v) is 36.4. The summed E-state index contributed by atoms with van der Waals surface area (Å²) in [7, 11) is 0. The highest BCUT2D eigenvalue weighted by molar-refractivity contribution is 6.16. The molecule has 1 unspecified atom stereocenters. The molecule has 13 aromatic rings. The largest absolute Gasteiger partial charge is 0.456 e. The zero-order chi connectivity index (χ0) is 44.0. The summed E-state index contributed by atoms with van der Waals surface area (Å²) in [5.41, 5.74) is 14.3. The number of para-hydroxylation sites is 2. The number of hydrogen-bond donors (Lipinski definition) is 0. The molecule has 1 aliphatic carbocycles. The zero-order valence-electron chi connectivity index (χ0n) is 36.4. The fourth-order valence-electron chi connectivity index (χ4n) is 10.9. The molecule has 5 nitrogen and oxygen atoms in total. The van der Waals surface area contributed by atoms with Crippen molar-refractivity contribution in [3.8, 4) is 51.0 Å². The number of fused-ring (bicyclic) bond motifs is 11. The van der Waals surface area contributed by atoms with Gasteiger partial charge in [-0.05, 0) is 129 Å². The van der Waals surface area contributed by atoms with Crippen LogP contribution >= 0.6 is 0 Å². The molecule has 3 aromatic heterocycles. The molecule has 314 valence electrons. The average Bonchev–Trinajstić information content (AvgIpc) is 3.87. The maximum Gasteiger partial charge on any atom is 0.164 e. The van der Waals surface area contributed by atoms with Gasteiger partial charge in [-0.15, -0.1) is 0 Å². The lowest BCUT2D eigenvalue weighted by molar-refractivity contribution is 0.665. The number of rotatable bonds is 5. The van der Waals surface area contributed by atoms with Crippen LogP contribution in [-0.2, 0) is 6.42 Å². The Morgan fingerprint density at radius 1 is 0.418 bits per heavy atom. The van der Waals surface area contributed by atoms with E-state index in [1.165, 1.54) is 44.0 Å². The number of nitrogens with zero attached hydrogens (tertiary/aromatic N) is 4. The van der Waals surface area contributed by atoms with Crippen LogP contribution in [0, 0.1) is 0 Å². The predicted octanol–water partition coefficient (Wildman–Crippen LogP) is 15.9. The lowest BCUT2D eigenvalue weighted by atomic mass is 9.84. The van der Waals surface area contributed by atoms with Gasteiger partial charge in [0.2, 0.25) is 0 Å². The molecule has 0 spiro atoms. The first-order valence-electron chi connectivity index (χ1n) is 23.1. The number of hydrogen-bond acceptors (Lipinski definition) is 4. The van der Waals surface area contributed by atoms with Crippen LogP contribution in [0.1, 0.15) is 29.0 Å². The van der Waals surface area contributed by atoms with Crippen molar-refractivity contribution in [1.82, 2.24) is 19.5 Å². The molecule has 10 aromatic carbocycles. The van der Waals surface area contributed by atoms with E-state index in [-0.39, 0.29) is 5.92 Å². The van der Waals surface area contributed by atoms with E-state index in [0.29, 0.717) is 17.5 Å². The third-order valence-electron chi connectivity index (χ3n) is 14.0. The first-order valence-corrected chi connectivity index (χ1v) is 23.1. The van der Waals surface area contributed by atoms with Gasteiger partial charge < -0.3 is 8.98 Å². The van der Waals surface area contributed by atoms with Crippen molar-refractivity contribution in [2.45, 2.75) is 18.8 Å². The van der Waals surface area contributed by atoms with Crippen LogP contribution in [0.3, 0.4) is 0 Å². The Bertz CT molecular complexity index is 4110. The summed E-state index contributed by atoms with van der Waals surface area (Å²) in [6, 6.07) is 76.1. The van der Waals surface area contributed by atoms with Crippen molar-refractivity contribution in [3.05, 3.63) is 229 Å². The summed E-state index contributed by atoms with van der Waals surface area (Å²) in [6.07, 6.45) is 1.88. The molecule has 1 atom stereocenters. The molecule has 67 heavy (non-hydrogen) atoms. The first-order chi connectivity index (χ1) is 33.2. The quantitative estimate of drug-likeness (QED) is 0.173. The van der Waals surface area contributed by atoms with Gasteiger partial charge in [-0.1, -0.05) is 146 Å². The van der Waals surface area contributed by atoms with Gasteiger partial charge in [0.05, 0.1) is 11.0 Å². The second kappa shape index (κ2) is 14.9. The van der Waals surface area contributed by atoms with Crippen LogP contribution in [0.5, 0.6) is 0 Å². The summed E-state index contributed by atoms with van der Waals surface area (Å²) in [5.74, 6) is 1.92. The minimum absolute atomic E-state index is 0.0846. The lowest BCUT2D eigenvalue weighted by Gasteiger charge is -2.20. The Kier molecular flexibility index (Phi) is 8.40. The van der Waals surface area contributed by atoms with Crippen LogP contribution in [0.25, 0.3) is 116 Å². The second-order valence-electron chi connectivity index (χ2n) is 17.9. The van der Waals surface area contributed by atoms with Crippen molar-refractivity contribution in [3.63, 3.8) is 0 Å². The minimum atomic E-state index is 0.0846. The number of furan rings is 1. The van der Waals surface area contributed by atoms with E-state index >= 15 is 0 Å². The molecule has 0 bridgehead atoms. The summed E-state index contributed by atoms with van der Waals surface area (Å²) >= 11 is 0. The van der Waals surface area contributed by atoms with Gasteiger partial charge in [0.1, 0.15) is 11.2 Å². The van der Waals surface area contributed by atoms with Gasteiger partial charge >= 0.3 is 0 Å². The topological polar surface area (TPSA) is 56.7 Å². The molecule has 0 amide bonds. The highest BCUT2D eigenvalue weighted by Crippen LogP contribution is 2.46. The molecule has 0 radical (unpaired) electrons. The van der Waals surface area contributed by atoms with Gasteiger partial charge in [0, 0.05) is 49.8 Å². The molecule has 0 saturated carbocycles. The molecule has 3 heterocycles. The van der Waals surface area contributed by atoms with E-state index in [2.05, 4.69) is 199 Å². The van der Waals surface area contributed by atoms with E-state index in [1.54, 1.807) is 0 Å². The normalized spacial score (nSPS) is 13.7. The highest BCUT2D eigenvalue weighted by Gasteiger charge is 2.28. The van der Waals surface area contributed by atoms with Crippen molar-refractivity contribution in [1.29, 1.82) is 0 Å². The molecule has 0 N–H and O–H groups in total. The van der Waals surface area contributed by atoms with Crippen molar-refractivity contribution >= 4 is 65.3 Å². The van der Waals surface area contributed by atoms with Gasteiger partial charge in [-0.25, -0.2) is 15.0 Å². The summed E-state index contributed by atoms with van der Waals surface area (Å²) in [6.45, 7) is 0. The fourth-order valence-corrected chi connectivity index (χ4v) is 10.9. The maximum absolute atomic E-state index is 6.97. The van der Waals surface area contributed by atoms with E-state index in [0.717, 1.165) is 84.3 Å². The Hall–Kier alpha value is -8.67. The Balaban J connectivity index is 1.02. The summed E-state index contributed by atoms with van der Waals surface area (Å²) in [5, 5.41) is 9.17. The second-order valence-corrected chi connectivity index (χ2v) is 17.9. The highest BCUT2D eigenvalue weighted by atomic mass is 16.3. The van der Waals surface area contributed by atoms with Crippen LogP contribution in [0.15, 0.2) is 217 Å². The molecular formula is C62H40N4O. The smallest absolute Gasteiger partial charge is 0.164 e. The number of benzene rings is 10. The average molecular weight is 857 g/mol. The molecular weight excluding hydrogens is 817 g/mol. The summed E-state index contributed by atoms with van der Waals surface area (Å²) in [4.78, 5) is 16.2. The third kappa shape index (κ3) is 6.12. The van der Waals surface area contributed by atoms with Gasteiger partial charge in [-0.2, -0.15) is 0 Å². The maximum atomic E-state index is 6.97. The van der Waals surface area contributed by atoms with E-state index in [1.807, 2.05) is 18.2 Å². The van der Waals surface area contributed by atoms with Crippen LogP contribution in [0.2, 0.25) is 0 Å². The monoisotopic (exact) mass is 856 g/mol. The Morgan fingerprint density at radius 2 is 1.06 bits per heavy atom. The van der Waals surface area contributed by atoms with Crippen LogP contribution in [0.4, 0.5) is 0 Å². The lowest BCUT2D eigenvalue weighted by Crippen LogP contribution is -2.04. The third-order valence-corrected chi connectivity index (χ3v) is 14.0. The van der Waals surface area contributed by atoms with Crippen molar-refractivity contribution < 1.29 is 4.42 Å². The number of aryl methyl sites for hydroxylation is 1. The molecule has 0 fully saturated rings. The Morgan fingerprint density at radius 3 is 1.88 bits per heavy atom. The standard InChI is InChI=1S/C62H40N4O/c1-3-15-38(16-4-1)60-63-61(44-28-30-56-52(34-44)50-25-13-14-26-55(50)66(56)46-21-5-2-6-22-46)65-62(64-60)54-35-45(37-58-59(54)53-33-41-19-9-10-20-42(41)36-57(53)67-58)47-29-27-43-31-39-17-7-8-18-40(39)32-51(43)49-24-12-11-23-48(47)49/h1-26,28,30-37,47H,27,29H2.